The molecular formula is C7H11F3O. The highest BCUT2D eigenvalue weighted by Gasteiger charge is 2.53. The van der Waals surface area contributed by atoms with E-state index in [1.54, 1.807) is 0 Å². The Labute approximate surface area is 63.6 Å². The van der Waals surface area contributed by atoms with Gasteiger partial charge in [0.2, 0.25) is 0 Å². The Morgan fingerprint density at radius 1 is 1.36 bits per heavy atom. The van der Waals surface area contributed by atoms with Crippen molar-refractivity contribution in [3.05, 3.63) is 0 Å². The first-order valence-corrected chi connectivity index (χ1v) is 3.33. The molecule has 0 saturated heterocycles. The number of alkyl halides is 3. The summed E-state index contributed by atoms with van der Waals surface area (Å²) in [6, 6.07) is 0. The van der Waals surface area contributed by atoms with Gasteiger partial charge in [-0.2, -0.15) is 13.2 Å². The molecule has 1 nitrogen and oxygen atoms in total. The number of Topliss-reactive ketones (excluding diaryl/α,β-unsaturated/α-hetero) is 1. The molecule has 0 saturated carbocycles. The Morgan fingerprint density at radius 3 is 1.73 bits per heavy atom. The smallest absolute Gasteiger partial charge is 0.299 e. The molecule has 0 spiro atoms. The molecule has 0 radical (unpaired) electrons. The highest BCUT2D eigenvalue weighted by atomic mass is 19.4. The quantitative estimate of drug-likeness (QED) is 0.619. The monoisotopic (exact) mass is 168 g/mol. The van der Waals surface area contributed by atoms with Crippen LogP contribution in [0.5, 0.6) is 0 Å². The van der Waals surface area contributed by atoms with Crippen LogP contribution in [0.15, 0.2) is 0 Å². The highest BCUT2D eigenvalue weighted by molar-refractivity contribution is 5.82. The van der Waals surface area contributed by atoms with Gasteiger partial charge in [0.05, 0.1) is 0 Å². The summed E-state index contributed by atoms with van der Waals surface area (Å²) in [5, 5.41) is 0. The number of rotatable bonds is 2. The molecule has 0 rings (SSSR count). The maximum atomic E-state index is 12.1. The standard InChI is InChI=1S/C7H11F3O/c1-4-6(3,5(2)11)7(8,9)10/h4H2,1-3H3. The van der Waals surface area contributed by atoms with Crippen molar-refractivity contribution in [3.63, 3.8) is 0 Å². The van der Waals surface area contributed by atoms with E-state index in [4.69, 9.17) is 0 Å². The van der Waals surface area contributed by atoms with Crippen LogP contribution in [0.1, 0.15) is 27.2 Å². The van der Waals surface area contributed by atoms with Gasteiger partial charge in [0.15, 0.2) is 0 Å². The Morgan fingerprint density at radius 2 is 1.73 bits per heavy atom. The third-order valence-electron chi connectivity index (χ3n) is 2.11. The lowest BCUT2D eigenvalue weighted by Gasteiger charge is -2.27. The number of ketones is 1. The minimum absolute atomic E-state index is 0.203. The Balaban J connectivity index is 4.75. The SMILES string of the molecule is CCC(C)(C(C)=O)C(F)(F)F. The molecule has 0 bridgehead atoms. The lowest BCUT2D eigenvalue weighted by molar-refractivity contribution is -0.215. The summed E-state index contributed by atoms with van der Waals surface area (Å²) in [7, 11) is 0. The lowest BCUT2D eigenvalue weighted by Crippen LogP contribution is -2.40. The fraction of sp³-hybridized carbons (Fsp3) is 0.857. The third-order valence-corrected chi connectivity index (χ3v) is 2.11. The van der Waals surface area contributed by atoms with Crippen molar-refractivity contribution >= 4 is 5.78 Å². The van der Waals surface area contributed by atoms with E-state index in [1.165, 1.54) is 6.92 Å². The number of carbonyl (C=O) groups excluding carboxylic acids is 1. The first-order chi connectivity index (χ1) is 4.75. The minimum atomic E-state index is -4.42. The zero-order chi connectivity index (χ0) is 9.28. The second-order valence-electron chi connectivity index (χ2n) is 2.74. The van der Waals surface area contributed by atoms with Crippen molar-refractivity contribution in [1.82, 2.24) is 0 Å². The van der Waals surface area contributed by atoms with Crippen molar-refractivity contribution in [3.8, 4) is 0 Å². The second kappa shape index (κ2) is 2.83. The molecule has 0 aliphatic heterocycles. The van der Waals surface area contributed by atoms with Gasteiger partial charge in [0.1, 0.15) is 11.2 Å². The molecule has 1 atom stereocenters. The fourth-order valence-electron chi connectivity index (χ4n) is 0.649. The zero-order valence-electron chi connectivity index (χ0n) is 6.75. The predicted molar refractivity (Wildman–Crippen MR) is 35.1 cm³/mol. The summed E-state index contributed by atoms with van der Waals surface area (Å²) in [5.74, 6) is -0.826. The Hall–Kier alpha value is -0.540. The maximum Gasteiger partial charge on any atom is 0.401 e. The van der Waals surface area contributed by atoms with Crippen LogP contribution in [-0.2, 0) is 4.79 Å². The molecule has 0 fully saturated rings. The van der Waals surface area contributed by atoms with E-state index < -0.39 is 17.4 Å². The van der Waals surface area contributed by atoms with E-state index in [2.05, 4.69) is 0 Å². The predicted octanol–water partition coefficient (Wildman–Crippen LogP) is 2.55. The first kappa shape index (κ1) is 10.5. The molecule has 1 unspecified atom stereocenters. The van der Waals surface area contributed by atoms with Crippen LogP contribution >= 0.6 is 0 Å². The zero-order valence-corrected chi connectivity index (χ0v) is 6.75. The molecule has 0 amide bonds. The highest BCUT2D eigenvalue weighted by Crippen LogP contribution is 2.41. The van der Waals surface area contributed by atoms with Gasteiger partial charge in [-0.25, -0.2) is 0 Å². The number of hydrogen-bond acceptors (Lipinski definition) is 1. The lowest BCUT2D eigenvalue weighted by atomic mass is 9.83. The van der Waals surface area contributed by atoms with Crippen LogP contribution in [0, 0.1) is 5.41 Å². The average Bonchev–Trinajstić information content (AvgIpc) is 1.83. The summed E-state index contributed by atoms with van der Waals surface area (Å²) in [5.41, 5.74) is -2.16. The molecule has 0 aromatic rings. The molecule has 0 heterocycles. The minimum Gasteiger partial charge on any atom is -0.299 e. The summed E-state index contributed by atoms with van der Waals surface area (Å²) >= 11 is 0. The second-order valence-corrected chi connectivity index (χ2v) is 2.74. The van der Waals surface area contributed by atoms with E-state index in [9.17, 15) is 18.0 Å². The Kier molecular flexibility index (Phi) is 2.69. The fourth-order valence-corrected chi connectivity index (χ4v) is 0.649. The van der Waals surface area contributed by atoms with Gasteiger partial charge in [-0.15, -0.1) is 0 Å². The van der Waals surface area contributed by atoms with Gasteiger partial charge in [-0.3, -0.25) is 4.79 Å². The number of halogens is 3. The summed E-state index contributed by atoms with van der Waals surface area (Å²) in [6.45, 7) is 3.25. The van der Waals surface area contributed by atoms with Crippen LogP contribution in [0.4, 0.5) is 13.2 Å². The van der Waals surface area contributed by atoms with Crippen LogP contribution in [0.2, 0.25) is 0 Å². The third kappa shape index (κ3) is 1.73. The number of hydrogen-bond donors (Lipinski definition) is 0. The summed E-state index contributed by atoms with van der Waals surface area (Å²) in [4.78, 5) is 10.6. The van der Waals surface area contributed by atoms with Crippen LogP contribution in [0.3, 0.4) is 0 Å². The molecule has 66 valence electrons. The van der Waals surface area contributed by atoms with Crippen molar-refractivity contribution in [2.24, 2.45) is 5.41 Å². The average molecular weight is 168 g/mol. The maximum absolute atomic E-state index is 12.1. The largest absolute Gasteiger partial charge is 0.401 e. The van der Waals surface area contributed by atoms with Crippen molar-refractivity contribution < 1.29 is 18.0 Å². The van der Waals surface area contributed by atoms with Crippen molar-refractivity contribution in [2.75, 3.05) is 0 Å². The van der Waals surface area contributed by atoms with E-state index >= 15 is 0 Å². The van der Waals surface area contributed by atoms with Gasteiger partial charge in [0.25, 0.3) is 0 Å². The molecule has 0 aliphatic carbocycles. The first-order valence-electron chi connectivity index (χ1n) is 3.33. The number of carbonyl (C=O) groups is 1. The molecule has 4 heteroatoms. The van der Waals surface area contributed by atoms with Gasteiger partial charge < -0.3 is 0 Å². The van der Waals surface area contributed by atoms with Crippen LogP contribution in [-0.4, -0.2) is 12.0 Å². The molecule has 0 aliphatic rings. The van der Waals surface area contributed by atoms with Gasteiger partial charge in [0, 0.05) is 0 Å². The normalized spacial score (nSPS) is 17.6. The van der Waals surface area contributed by atoms with Crippen molar-refractivity contribution in [2.45, 2.75) is 33.4 Å². The van der Waals surface area contributed by atoms with Crippen LogP contribution in [0.25, 0.3) is 0 Å². The van der Waals surface area contributed by atoms with E-state index in [-0.39, 0.29) is 6.42 Å². The van der Waals surface area contributed by atoms with Crippen molar-refractivity contribution in [1.29, 1.82) is 0 Å². The topological polar surface area (TPSA) is 17.1 Å². The van der Waals surface area contributed by atoms with E-state index in [0.29, 0.717) is 0 Å². The molecule has 0 aromatic heterocycles. The molecule has 0 aromatic carbocycles. The van der Waals surface area contributed by atoms with Gasteiger partial charge >= 0.3 is 6.18 Å². The molecule has 11 heavy (non-hydrogen) atoms. The van der Waals surface area contributed by atoms with Gasteiger partial charge in [-0.1, -0.05) is 6.92 Å². The van der Waals surface area contributed by atoms with E-state index in [0.717, 1.165) is 13.8 Å². The van der Waals surface area contributed by atoms with E-state index in [1.807, 2.05) is 0 Å². The van der Waals surface area contributed by atoms with Gasteiger partial charge in [-0.05, 0) is 20.3 Å². The molecule has 0 N–H and O–H groups in total. The van der Waals surface area contributed by atoms with Crippen LogP contribution < -0.4 is 0 Å². The Bertz CT molecular complexity index is 162. The summed E-state index contributed by atoms with van der Waals surface area (Å²) < 4.78 is 36.4. The summed E-state index contributed by atoms with van der Waals surface area (Å²) in [6.07, 6.45) is -4.63. The molecular weight excluding hydrogens is 157 g/mol.